The van der Waals surface area contributed by atoms with Crippen LogP contribution in [0.4, 0.5) is 0 Å². The highest BCUT2D eigenvalue weighted by Gasteiger charge is 2.10. The number of carbonyl (C=O) groups is 1. The van der Waals surface area contributed by atoms with E-state index >= 15 is 0 Å². The summed E-state index contributed by atoms with van der Waals surface area (Å²) in [6.45, 7) is 0.504. The zero-order valence-corrected chi connectivity index (χ0v) is 13.6. The Hall–Kier alpha value is -1.61. The summed E-state index contributed by atoms with van der Waals surface area (Å²) < 4.78 is 12.6. The fraction of sp³-hybridized carbons (Fsp3) is 0.333. The highest BCUT2D eigenvalue weighted by Crippen LogP contribution is 2.19. The topological polar surface area (TPSA) is 79.1 Å². The summed E-state index contributed by atoms with van der Waals surface area (Å²) >= 11 is 4.79. The molecule has 0 saturated heterocycles. The van der Waals surface area contributed by atoms with Crippen LogP contribution < -0.4 is 4.74 Å². The lowest BCUT2D eigenvalue weighted by molar-refractivity contribution is -0.141. The van der Waals surface area contributed by atoms with Gasteiger partial charge in [0.1, 0.15) is 12.3 Å². The molecule has 0 fully saturated rings. The largest absolute Gasteiger partial charge is 0.493 e. The predicted molar refractivity (Wildman–Crippen MR) is 80.2 cm³/mol. The molecular formula is C12H13BrN4O3S. The van der Waals surface area contributed by atoms with E-state index in [2.05, 4.69) is 36.2 Å². The first-order chi connectivity index (χ1) is 10.2. The first-order valence-electron chi connectivity index (χ1n) is 6.03. The monoisotopic (exact) mass is 372 g/mol. The molecule has 7 nitrogen and oxygen atoms in total. The van der Waals surface area contributed by atoms with Gasteiger partial charge in [-0.05, 0) is 28.6 Å². The zero-order chi connectivity index (χ0) is 15.1. The second-order valence-corrected chi connectivity index (χ2v) is 5.83. The van der Waals surface area contributed by atoms with Gasteiger partial charge < -0.3 is 9.47 Å². The molecule has 0 spiro atoms. The lowest BCUT2D eigenvalue weighted by Gasteiger charge is -2.06. The van der Waals surface area contributed by atoms with Crippen molar-refractivity contribution in [1.82, 2.24) is 20.2 Å². The summed E-state index contributed by atoms with van der Waals surface area (Å²) in [4.78, 5) is 11.2. The van der Waals surface area contributed by atoms with Crippen LogP contribution in [-0.2, 0) is 16.1 Å². The summed E-state index contributed by atoms with van der Waals surface area (Å²) in [5.74, 6) is 1.06. The maximum atomic E-state index is 11.2. The Bertz CT molecular complexity index is 608. The molecule has 1 heterocycles. The Labute approximate surface area is 134 Å². The third kappa shape index (κ3) is 5.01. The molecule has 0 aliphatic heterocycles. The fourth-order valence-electron chi connectivity index (χ4n) is 1.44. The van der Waals surface area contributed by atoms with E-state index in [4.69, 9.17) is 4.74 Å². The van der Waals surface area contributed by atoms with E-state index in [1.807, 2.05) is 24.3 Å². The molecule has 9 heteroatoms. The van der Waals surface area contributed by atoms with Crippen molar-refractivity contribution in [3.8, 4) is 5.75 Å². The van der Waals surface area contributed by atoms with Gasteiger partial charge in [0.2, 0.25) is 5.16 Å². The quantitative estimate of drug-likeness (QED) is 0.416. The Morgan fingerprint density at radius 3 is 3.10 bits per heavy atom. The van der Waals surface area contributed by atoms with Gasteiger partial charge in [-0.1, -0.05) is 33.8 Å². The molecule has 0 unspecified atom stereocenters. The molecule has 0 amide bonds. The third-order valence-corrected chi connectivity index (χ3v) is 3.80. The number of carbonyl (C=O) groups excluding carboxylic acids is 1. The second kappa shape index (κ2) is 7.99. The van der Waals surface area contributed by atoms with Crippen molar-refractivity contribution in [3.63, 3.8) is 0 Å². The Kier molecular flexibility index (Phi) is 6.00. The number of hydrogen-bond acceptors (Lipinski definition) is 7. The minimum Gasteiger partial charge on any atom is -0.493 e. The van der Waals surface area contributed by atoms with E-state index in [9.17, 15) is 4.79 Å². The van der Waals surface area contributed by atoms with Crippen LogP contribution >= 0.6 is 27.7 Å². The minimum atomic E-state index is -0.394. The molecule has 112 valence electrons. The van der Waals surface area contributed by atoms with Crippen molar-refractivity contribution in [1.29, 1.82) is 0 Å². The van der Waals surface area contributed by atoms with Crippen LogP contribution in [0.25, 0.3) is 0 Å². The van der Waals surface area contributed by atoms with Crippen molar-refractivity contribution in [2.45, 2.75) is 11.7 Å². The van der Waals surface area contributed by atoms with E-state index < -0.39 is 5.97 Å². The molecule has 1 aromatic heterocycles. The van der Waals surface area contributed by atoms with Crippen LogP contribution in [0.15, 0.2) is 33.9 Å². The number of rotatable bonds is 7. The molecule has 1 aromatic carbocycles. The van der Waals surface area contributed by atoms with Crippen molar-refractivity contribution in [2.75, 3.05) is 19.5 Å². The normalized spacial score (nSPS) is 10.4. The maximum absolute atomic E-state index is 11.2. The smallest absolute Gasteiger partial charge is 0.327 e. The molecule has 2 aromatic rings. The number of aromatic nitrogens is 4. The van der Waals surface area contributed by atoms with Crippen molar-refractivity contribution in [3.05, 3.63) is 28.7 Å². The molecule has 0 N–H and O–H groups in total. The van der Waals surface area contributed by atoms with Crippen LogP contribution in [0.5, 0.6) is 5.75 Å². The lowest BCUT2D eigenvalue weighted by atomic mass is 10.3. The van der Waals surface area contributed by atoms with Crippen molar-refractivity contribution < 1.29 is 14.3 Å². The Morgan fingerprint density at radius 1 is 1.48 bits per heavy atom. The van der Waals surface area contributed by atoms with E-state index in [0.29, 0.717) is 17.5 Å². The second-order valence-electron chi connectivity index (χ2n) is 3.85. The van der Waals surface area contributed by atoms with Crippen LogP contribution in [0.3, 0.4) is 0 Å². The van der Waals surface area contributed by atoms with Gasteiger partial charge in [-0.2, -0.15) is 0 Å². The zero-order valence-electron chi connectivity index (χ0n) is 11.2. The molecule has 21 heavy (non-hydrogen) atoms. The van der Waals surface area contributed by atoms with Crippen molar-refractivity contribution >= 4 is 33.7 Å². The molecule has 2 rings (SSSR count). The average Bonchev–Trinajstić information content (AvgIpc) is 2.91. The lowest BCUT2D eigenvalue weighted by Crippen LogP contribution is -2.14. The summed E-state index contributed by atoms with van der Waals surface area (Å²) in [7, 11) is 1.32. The number of methoxy groups -OCH3 is 1. The standard InChI is InChI=1S/C12H13BrN4O3S/c1-19-11(18)8-17-12(14-15-16-17)21-6-5-20-10-4-2-3-9(13)7-10/h2-4,7H,5-6,8H2,1H3. The molecule has 0 saturated carbocycles. The van der Waals surface area contributed by atoms with Gasteiger partial charge in [-0.25, -0.2) is 4.68 Å². The fourth-order valence-corrected chi connectivity index (χ4v) is 2.51. The molecule has 0 radical (unpaired) electrons. The van der Waals surface area contributed by atoms with E-state index in [-0.39, 0.29) is 6.54 Å². The van der Waals surface area contributed by atoms with Gasteiger partial charge >= 0.3 is 5.97 Å². The number of hydrogen-bond donors (Lipinski definition) is 0. The van der Waals surface area contributed by atoms with Gasteiger partial charge in [0, 0.05) is 10.2 Å². The van der Waals surface area contributed by atoms with Crippen LogP contribution in [-0.4, -0.2) is 45.6 Å². The molecule has 0 atom stereocenters. The summed E-state index contributed by atoms with van der Waals surface area (Å²) in [6, 6.07) is 7.62. The van der Waals surface area contributed by atoms with Crippen LogP contribution in [0.1, 0.15) is 0 Å². The predicted octanol–water partition coefficient (Wildman–Crippen LogP) is 1.78. The van der Waals surface area contributed by atoms with Crippen LogP contribution in [0.2, 0.25) is 0 Å². The highest BCUT2D eigenvalue weighted by molar-refractivity contribution is 9.10. The number of thioether (sulfide) groups is 1. The van der Waals surface area contributed by atoms with E-state index in [1.54, 1.807) is 0 Å². The van der Waals surface area contributed by atoms with E-state index in [1.165, 1.54) is 23.6 Å². The number of tetrazole rings is 1. The third-order valence-electron chi connectivity index (χ3n) is 2.38. The molecule has 0 aliphatic rings. The average molecular weight is 373 g/mol. The van der Waals surface area contributed by atoms with E-state index in [0.717, 1.165) is 10.2 Å². The first kappa shape index (κ1) is 15.8. The summed E-state index contributed by atoms with van der Waals surface area (Å²) in [5.41, 5.74) is 0. The molecular weight excluding hydrogens is 360 g/mol. The SMILES string of the molecule is COC(=O)Cn1nnnc1SCCOc1cccc(Br)c1. The number of ether oxygens (including phenoxy) is 2. The van der Waals surface area contributed by atoms with Gasteiger partial charge in [-0.15, -0.1) is 5.10 Å². The van der Waals surface area contributed by atoms with Gasteiger partial charge in [0.25, 0.3) is 0 Å². The Balaban J connectivity index is 1.79. The maximum Gasteiger partial charge on any atom is 0.327 e. The number of nitrogens with zero attached hydrogens (tertiary/aromatic N) is 4. The van der Waals surface area contributed by atoms with Crippen molar-refractivity contribution in [2.24, 2.45) is 0 Å². The Morgan fingerprint density at radius 2 is 2.33 bits per heavy atom. The summed E-state index contributed by atoms with van der Waals surface area (Å²) in [5, 5.41) is 11.7. The summed E-state index contributed by atoms with van der Waals surface area (Å²) in [6.07, 6.45) is 0. The number of benzene rings is 1. The first-order valence-corrected chi connectivity index (χ1v) is 7.81. The molecule has 0 bridgehead atoms. The van der Waals surface area contributed by atoms with Gasteiger partial charge in [0.05, 0.1) is 13.7 Å². The van der Waals surface area contributed by atoms with Gasteiger partial charge in [0.15, 0.2) is 0 Å². The molecule has 0 aliphatic carbocycles. The number of halogens is 1. The van der Waals surface area contributed by atoms with Crippen LogP contribution in [0, 0.1) is 0 Å². The van der Waals surface area contributed by atoms with Gasteiger partial charge in [-0.3, -0.25) is 4.79 Å². The highest BCUT2D eigenvalue weighted by atomic mass is 79.9. The number of esters is 1. The minimum absolute atomic E-state index is 0.00166.